The fraction of sp³-hybridized carbons (Fsp3) is 0.462. The Hall–Kier alpha value is -2.87. The van der Waals surface area contributed by atoms with Crippen molar-refractivity contribution in [2.75, 3.05) is 17.8 Å². The molecule has 0 radical (unpaired) electrons. The molecule has 182 valence electrons. The summed E-state index contributed by atoms with van der Waals surface area (Å²) in [6.45, 7) is 3.22. The van der Waals surface area contributed by atoms with Crippen LogP contribution in [0.4, 0.5) is 5.69 Å². The van der Waals surface area contributed by atoms with Gasteiger partial charge in [0, 0.05) is 24.3 Å². The SMILES string of the molecule is CCCCNC(=O)C1CCCN1C(=O)c1ccc(NS(=O)(=O)c2ccc3c(c2)CCCC3)cc1. The Bertz CT molecular complexity index is 1150. The van der Waals surface area contributed by atoms with Gasteiger partial charge in [-0.05, 0) is 92.5 Å². The monoisotopic (exact) mass is 483 g/mol. The largest absolute Gasteiger partial charge is 0.354 e. The molecule has 2 amide bonds. The zero-order valence-electron chi connectivity index (χ0n) is 19.7. The van der Waals surface area contributed by atoms with Crippen molar-refractivity contribution < 1.29 is 18.0 Å². The van der Waals surface area contributed by atoms with Gasteiger partial charge >= 0.3 is 0 Å². The summed E-state index contributed by atoms with van der Waals surface area (Å²) in [5, 5.41) is 2.92. The smallest absolute Gasteiger partial charge is 0.261 e. The second-order valence-corrected chi connectivity index (χ2v) is 10.8. The number of nitrogens with one attached hydrogen (secondary N) is 2. The molecule has 2 aliphatic rings. The van der Waals surface area contributed by atoms with Crippen molar-refractivity contribution in [3.63, 3.8) is 0 Å². The number of anilines is 1. The molecule has 34 heavy (non-hydrogen) atoms. The first kappa shape index (κ1) is 24.3. The van der Waals surface area contributed by atoms with Crippen LogP contribution >= 0.6 is 0 Å². The van der Waals surface area contributed by atoms with Gasteiger partial charge in [0.2, 0.25) is 5.91 Å². The van der Waals surface area contributed by atoms with Gasteiger partial charge in [0.1, 0.15) is 6.04 Å². The van der Waals surface area contributed by atoms with E-state index >= 15 is 0 Å². The van der Waals surface area contributed by atoms with Crippen LogP contribution in [0, 0.1) is 0 Å². The van der Waals surface area contributed by atoms with Crippen molar-refractivity contribution >= 4 is 27.5 Å². The molecule has 0 spiro atoms. The minimum atomic E-state index is -3.73. The highest BCUT2D eigenvalue weighted by atomic mass is 32.2. The number of hydrogen-bond acceptors (Lipinski definition) is 4. The molecule has 0 bridgehead atoms. The standard InChI is InChI=1S/C26H33N3O4S/c1-2-3-16-27-25(30)24-9-6-17-29(24)26(31)20-10-13-22(14-11-20)28-34(32,33)23-15-12-19-7-4-5-8-21(19)18-23/h10-15,18,24,28H,2-9,16-17H2,1H3,(H,27,30). The first-order valence-corrected chi connectivity index (χ1v) is 13.7. The number of rotatable bonds is 8. The Kier molecular flexibility index (Phi) is 7.56. The van der Waals surface area contributed by atoms with Crippen LogP contribution in [0.3, 0.4) is 0 Å². The average Bonchev–Trinajstić information content (AvgIpc) is 3.34. The van der Waals surface area contributed by atoms with Gasteiger partial charge in [-0.25, -0.2) is 8.42 Å². The van der Waals surface area contributed by atoms with Crippen molar-refractivity contribution in [3.05, 3.63) is 59.2 Å². The summed E-state index contributed by atoms with van der Waals surface area (Å²) in [5.74, 6) is -0.314. The topological polar surface area (TPSA) is 95.6 Å². The van der Waals surface area contributed by atoms with E-state index in [9.17, 15) is 18.0 Å². The molecule has 1 atom stereocenters. The summed E-state index contributed by atoms with van der Waals surface area (Å²) >= 11 is 0. The summed E-state index contributed by atoms with van der Waals surface area (Å²) in [4.78, 5) is 27.4. The van der Waals surface area contributed by atoms with E-state index in [1.807, 2.05) is 6.07 Å². The van der Waals surface area contributed by atoms with E-state index < -0.39 is 16.1 Å². The van der Waals surface area contributed by atoms with E-state index in [2.05, 4.69) is 17.0 Å². The molecule has 1 aliphatic carbocycles. The summed E-state index contributed by atoms with van der Waals surface area (Å²) in [6.07, 6.45) is 7.48. The number of nitrogens with zero attached hydrogens (tertiary/aromatic N) is 1. The third kappa shape index (κ3) is 5.43. The first-order chi connectivity index (χ1) is 16.4. The Morgan fingerprint density at radius 1 is 1.00 bits per heavy atom. The second-order valence-electron chi connectivity index (χ2n) is 9.12. The molecule has 7 nitrogen and oxygen atoms in total. The predicted octanol–water partition coefficient (Wildman–Crippen LogP) is 3.89. The molecule has 1 aliphatic heterocycles. The zero-order valence-corrected chi connectivity index (χ0v) is 20.5. The van der Waals surface area contributed by atoms with E-state index in [0.717, 1.165) is 50.5 Å². The van der Waals surface area contributed by atoms with Crippen LogP contribution in [-0.4, -0.2) is 44.3 Å². The van der Waals surface area contributed by atoms with Crippen LogP contribution in [0.2, 0.25) is 0 Å². The number of amides is 2. The summed E-state index contributed by atoms with van der Waals surface area (Å²) < 4.78 is 28.4. The van der Waals surface area contributed by atoms with Gasteiger partial charge in [-0.15, -0.1) is 0 Å². The van der Waals surface area contributed by atoms with Gasteiger partial charge in [0.05, 0.1) is 4.90 Å². The minimum Gasteiger partial charge on any atom is -0.354 e. The first-order valence-electron chi connectivity index (χ1n) is 12.2. The number of benzene rings is 2. The average molecular weight is 484 g/mol. The van der Waals surface area contributed by atoms with Gasteiger partial charge in [-0.1, -0.05) is 19.4 Å². The maximum atomic E-state index is 13.1. The number of carbonyl (C=O) groups is 2. The lowest BCUT2D eigenvalue weighted by molar-refractivity contribution is -0.124. The maximum Gasteiger partial charge on any atom is 0.261 e. The number of hydrogen-bond donors (Lipinski definition) is 2. The van der Waals surface area contributed by atoms with E-state index in [-0.39, 0.29) is 16.7 Å². The fourth-order valence-corrected chi connectivity index (χ4v) is 5.84. The molecular weight excluding hydrogens is 450 g/mol. The van der Waals surface area contributed by atoms with Crippen LogP contribution in [0.5, 0.6) is 0 Å². The van der Waals surface area contributed by atoms with E-state index in [4.69, 9.17) is 0 Å². The number of carbonyl (C=O) groups excluding carboxylic acids is 2. The maximum absolute atomic E-state index is 13.1. The van der Waals surface area contributed by atoms with Gasteiger partial charge in [-0.3, -0.25) is 14.3 Å². The molecule has 2 N–H and O–H groups in total. The zero-order chi connectivity index (χ0) is 24.1. The lowest BCUT2D eigenvalue weighted by Gasteiger charge is -2.24. The van der Waals surface area contributed by atoms with Crippen LogP contribution < -0.4 is 10.0 Å². The highest BCUT2D eigenvalue weighted by molar-refractivity contribution is 7.92. The Morgan fingerprint density at radius 3 is 2.47 bits per heavy atom. The van der Waals surface area contributed by atoms with Crippen molar-refractivity contribution in [3.8, 4) is 0 Å². The molecule has 4 rings (SSSR count). The van der Waals surface area contributed by atoms with E-state index in [1.54, 1.807) is 41.3 Å². The number of sulfonamides is 1. The summed E-state index contributed by atoms with van der Waals surface area (Å²) in [5.41, 5.74) is 3.16. The van der Waals surface area contributed by atoms with Crippen LogP contribution in [0.15, 0.2) is 47.4 Å². The van der Waals surface area contributed by atoms with Crippen molar-refractivity contribution in [2.45, 2.75) is 69.2 Å². The molecular formula is C26H33N3O4S. The normalized spacial score (nSPS) is 17.8. The number of unbranched alkanes of at least 4 members (excludes halogenated alkanes) is 1. The highest BCUT2D eigenvalue weighted by Gasteiger charge is 2.34. The van der Waals surface area contributed by atoms with Gasteiger partial charge in [0.25, 0.3) is 15.9 Å². The van der Waals surface area contributed by atoms with Gasteiger partial charge in [-0.2, -0.15) is 0 Å². The van der Waals surface area contributed by atoms with E-state index in [0.29, 0.717) is 30.8 Å². The summed E-state index contributed by atoms with van der Waals surface area (Å²) in [6, 6.07) is 11.3. The third-order valence-electron chi connectivity index (χ3n) is 6.66. The predicted molar refractivity (Wildman–Crippen MR) is 132 cm³/mol. The third-order valence-corrected chi connectivity index (χ3v) is 8.04. The molecule has 0 aromatic heterocycles. The Morgan fingerprint density at radius 2 is 1.74 bits per heavy atom. The minimum absolute atomic E-state index is 0.103. The van der Waals surface area contributed by atoms with Crippen LogP contribution in [0.1, 0.15) is 66.9 Å². The van der Waals surface area contributed by atoms with Gasteiger partial charge in [0.15, 0.2) is 0 Å². The van der Waals surface area contributed by atoms with Crippen LogP contribution in [-0.2, 0) is 27.7 Å². The number of fused-ring (bicyclic) bond motifs is 1. The molecule has 8 heteroatoms. The second kappa shape index (κ2) is 10.6. The lowest BCUT2D eigenvalue weighted by atomic mass is 9.92. The Labute approximate surface area is 202 Å². The molecule has 1 heterocycles. The molecule has 0 saturated carbocycles. The van der Waals surface area contributed by atoms with Crippen molar-refractivity contribution in [1.29, 1.82) is 0 Å². The molecule has 2 aromatic carbocycles. The van der Waals surface area contributed by atoms with Crippen molar-refractivity contribution in [2.24, 2.45) is 0 Å². The number of aryl methyl sites for hydroxylation is 2. The van der Waals surface area contributed by atoms with Gasteiger partial charge < -0.3 is 10.2 Å². The Balaban J connectivity index is 1.42. The molecule has 1 fully saturated rings. The number of likely N-dealkylation sites (tertiary alicyclic amines) is 1. The van der Waals surface area contributed by atoms with E-state index in [1.165, 1.54) is 5.56 Å². The molecule has 1 saturated heterocycles. The fourth-order valence-electron chi connectivity index (χ4n) is 4.73. The molecule has 2 aromatic rings. The van der Waals surface area contributed by atoms with Crippen LogP contribution in [0.25, 0.3) is 0 Å². The lowest BCUT2D eigenvalue weighted by Crippen LogP contribution is -2.46. The quantitative estimate of drug-likeness (QED) is 0.557. The van der Waals surface area contributed by atoms with Crippen molar-refractivity contribution in [1.82, 2.24) is 10.2 Å². The molecule has 1 unspecified atom stereocenters. The summed E-state index contributed by atoms with van der Waals surface area (Å²) in [7, 11) is -3.73. The highest BCUT2D eigenvalue weighted by Crippen LogP contribution is 2.26.